The van der Waals surface area contributed by atoms with Gasteiger partial charge in [0.1, 0.15) is 30.3 Å². The molecule has 13 heteroatoms. The number of ether oxygens (including phenoxy) is 7. The van der Waals surface area contributed by atoms with Gasteiger partial charge in [0.2, 0.25) is 11.8 Å². The molecule has 0 saturated carbocycles. The average molecular weight is 735 g/mol. The van der Waals surface area contributed by atoms with Gasteiger partial charge in [-0.2, -0.15) is 0 Å². The topological polar surface area (TPSA) is 144 Å². The van der Waals surface area contributed by atoms with E-state index in [1.54, 1.807) is 64.3 Å². The number of hydrogen-bond donors (Lipinski definition) is 2. The Morgan fingerprint density at radius 3 is 1.94 bits per heavy atom. The van der Waals surface area contributed by atoms with Crippen molar-refractivity contribution in [2.24, 2.45) is 4.99 Å². The monoisotopic (exact) mass is 734 g/mol. The van der Waals surface area contributed by atoms with E-state index in [1.807, 2.05) is 42.5 Å². The molecule has 1 amide bonds. The van der Waals surface area contributed by atoms with E-state index in [0.29, 0.717) is 58.9 Å². The van der Waals surface area contributed by atoms with Crippen molar-refractivity contribution in [3.8, 4) is 51.0 Å². The number of carbonyl (C=O) groups excluding carboxylic acids is 2. The summed E-state index contributed by atoms with van der Waals surface area (Å²) >= 11 is 0. The van der Waals surface area contributed by atoms with E-state index in [4.69, 9.17) is 33.2 Å². The Kier molecular flexibility index (Phi) is 11.3. The Balaban J connectivity index is 0.000000188. The molecule has 7 rings (SSSR count). The minimum Gasteiger partial charge on any atom is -0.497 e. The maximum absolute atomic E-state index is 12.8. The molecule has 0 saturated heterocycles. The number of carbonyl (C=O) groups is 2. The van der Waals surface area contributed by atoms with Crippen LogP contribution in [0.1, 0.15) is 16.2 Å². The quantitative estimate of drug-likeness (QED) is 0.143. The number of aliphatic imine (C=N–C) groups is 1. The highest BCUT2D eigenvalue weighted by atomic mass is 16.5. The van der Waals surface area contributed by atoms with Gasteiger partial charge in [-0.25, -0.2) is 9.79 Å². The van der Waals surface area contributed by atoms with Crippen molar-refractivity contribution in [1.82, 2.24) is 14.9 Å². The van der Waals surface area contributed by atoms with E-state index in [2.05, 4.69) is 27.4 Å². The standard InChI is InChI=1S/C22H24N2O6.C19H18N2O3/c1-23-19(25)12-24-16-11-18(29-4)17(28-3)10-15(16)20(21(24)22(26)30-5)13-6-8-14(27-2)9-7-13;1-22-15-10-13-14(11-16(15)23-2)21-18(19-20-8-9-24-19)17(13)12-6-4-3-5-7-12/h6-11H,12H2,1-5H3,(H,23,25);3-7,10-11,21H,8-9H2,1-2H3. The van der Waals surface area contributed by atoms with Gasteiger partial charge in [-0.3, -0.25) is 4.79 Å². The lowest BCUT2D eigenvalue weighted by molar-refractivity contribution is -0.121. The van der Waals surface area contributed by atoms with Gasteiger partial charge in [0.15, 0.2) is 23.0 Å². The highest BCUT2D eigenvalue weighted by Crippen LogP contribution is 2.42. The van der Waals surface area contributed by atoms with E-state index < -0.39 is 5.97 Å². The van der Waals surface area contributed by atoms with E-state index in [1.165, 1.54) is 14.2 Å². The zero-order chi connectivity index (χ0) is 38.4. The Morgan fingerprint density at radius 2 is 1.37 bits per heavy atom. The van der Waals surface area contributed by atoms with Crippen LogP contribution in [-0.2, 0) is 20.8 Å². The smallest absolute Gasteiger partial charge is 0.355 e. The van der Waals surface area contributed by atoms with E-state index in [-0.39, 0.29) is 18.1 Å². The summed E-state index contributed by atoms with van der Waals surface area (Å²) < 4.78 is 39.4. The summed E-state index contributed by atoms with van der Waals surface area (Å²) in [6, 6.07) is 25.0. The van der Waals surface area contributed by atoms with Crippen molar-refractivity contribution >= 4 is 39.6 Å². The maximum atomic E-state index is 12.8. The fraction of sp³-hybridized carbons (Fsp3) is 0.244. The molecule has 0 aliphatic carbocycles. The number of nitrogens with one attached hydrogen (secondary N) is 2. The lowest BCUT2D eigenvalue weighted by atomic mass is 10.0. The summed E-state index contributed by atoms with van der Waals surface area (Å²) in [4.78, 5) is 33.0. The van der Waals surface area contributed by atoms with Crippen LogP contribution in [-0.4, -0.2) is 90.2 Å². The highest BCUT2D eigenvalue weighted by molar-refractivity contribution is 6.11. The first-order chi connectivity index (χ1) is 26.3. The van der Waals surface area contributed by atoms with Crippen LogP contribution >= 0.6 is 0 Å². The first-order valence-electron chi connectivity index (χ1n) is 17.0. The summed E-state index contributed by atoms with van der Waals surface area (Å²) in [6.45, 7) is 1.24. The number of hydrogen-bond acceptors (Lipinski definition) is 10. The number of aromatic nitrogens is 2. The molecule has 0 atom stereocenters. The summed E-state index contributed by atoms with van der Waals surface area (Å²) in [5, 5.41) is 4.37. The molecule has 54 heavy (non-hydrogen) atoms. The first-order valence-corrected chi connectivity index (χ1v) is 17.0. The third-order valence-corrected chi connectivity index (χ3v) is 9.07. The molecule has 0 fully saturated rings. The molecule has 1 aliphatic heterocycles. The molecule has 0 spiro atoms. The van der Waals surface area contributed by atoms with Gasteiger partial charge in [-0.05, 0) is 35.4 Å². The molecule has 1 aliphatic rings. The Hall–Kier alpha value is -6.63. The van der Waals surface area contributed by atoms with Gasteiger partial charge in [-0.15, -0.1) is 0 Å². The number of aromatic amines is 1. The van der Waals surface area contributed by atoms with Crippen LogP contribution in [0.25, 0.3) is 44.1 Å². The molecular formula is C41H42N4O9. The van der Waals surface area contributed by atoms with Crippen LogP contribution in [0, 0.1) is 0 Å². The molecule has 13 nitrogen and oxygen atoms in total. The van der Waals surface area contributed by atoms with Crippen LogP contribution in [0.4, 0.5) is 0 Å². The van der Waals surface area contributed by atoms with Crippen LogP contribution in [0.2, 0.25) is 0 Å². The van der Waals surface area contributed by atoms with E-state index in [0.717, 1.165) is 38.7 Å². The van der Waals surface area contributed by atoms with Crippen LogP contribution < -0.4 is 29.0 Å². The maximum Gasteiger partial charge on any atom is 0.355 e. The number of rotatable bonds is 11. The van der Waals surface area contributed by atoms with Gasteiger partial charge in [0.05, 0.1) is 60.2 Å². The Labute approximate surface area is 312 Å². The SMILES string of the molecule is CNC(=O)Cn1c(C(=O)OC)c(-c2ccc(OC)cc2)c2cc(OC)c(OC)cc21.COc1cc2[nH]c(C3=NCCO3)c(-c3ccccc3)c2cc1OC. The molecule has 0 radical (unpaired) electrons. The van der Waals surface area contributed by atoms with Gasteiger partial charge < -0.3 is 48.0 Å². The Bertz CT molecular complexity index is 2330. The number of benzene rings is 4. The lowest BCUT2D eigenvalue weighted by Crippen LogP contribution is -2.25. The third-order valence-electron chi connectivity index (χ3n) is 9.07. The van der Waals surface area contributed by atoms with Crippen LogP contribution in [0.15, 0.2) is 83.9 Å². The summed E-state index contributed by atoms with van der Waals surface area (Å²) in [7, 11) is 10.8. The number of esters is 1. The second-order valence-corrected chi connectivity index (χ2v) is 12.0. The first kappa shape index (κ1) is 37.1. The van der Waals surface area contributed by atoms with Crippen molar-refractivity contribution in [2.45, 2.75) is 6.54 Å². The second-order valence-electron chi connectivity index (χ2n) is 12.0. The minimum absolute atomic E-state index is 0.0664. The zero-order valence-corrected chi connectivity index (χ0v) is 31.2. The van der Waals surface area contributed by atoms with Crippen molar-refractivity contribution in [3.63, 3.8) is 0 Å². The fourth-order valence-electron chi connectivity index (χ4n) is 6.49. The molecule has 280 valence electrons. The molecule has 2 aromatic heterocycles. The molecule has 0 unspecified atom stereocenters. The third kappa shape index (κ3) is 7.07. The van der Waals surface area contributed by atoms with Crippen LogP contribution in [0.3, 0.4) is 0 Å². The number of H-pyrrole nitrogens is 1. The van der Waals surface area contributed by atoms with Crippen molar-refractivity contribution in [1.29, 1.82) is 0 Å². The van der Waals surface area contributed by atoms with Crippen LogP contribution in [0.5, 0.6) is 28.7 Å². The Morgan fingerprint density at radius 1 is 0.759 bits per heavy atom. The number of fused-ring (bicyclic) bond motifs is 2. The molecule has 4 aromatic carbocycles. The number of nitrogens with zero attached hydrogens (tertiary/aromatic N) is 2. The van der Waals surface area contributed by atoms with E-state index >= 15 is 0 Å². The van der Waals surface area contributed by atoms with Gasteiger partial charge in [0.25, 0.3) is 0 Å². The highest BCUT2D eigenvalue weighted by Gasteiger charge is 2.28. The summed E-state index contributed by atoms with van der Waals surface area (Å²) in [6.07, 6.45) is 0. The molecule has 2 N–H and O–H groups in total. The molecular weight excluding hydrogens is 692 g/mol. The van der Waals surface area contributed by atoms with E-state index in [9.17, 15) is 9.59 Å². The lowest BCUT2D eigenvalue weighted by Gasteiger charge is -2.11. The fourth-order valence-corrected chi connectivity index (χ4v) is 6.49. The number of methoxy groups -OCH3 is 6. The van der Waals surface area contributed by atoms with Gasteiger partial charge in [0, 0.05) is 41.1 Å². The average Bonchev–Trinajstić information content (AvgIpc) is 3.96. The predicted molar refractivity (Wildman–Crippen MR) is 207 cm³/mol. The molecule has 0 bridgehead atoms. The summed E-state index contributed by atoms with van der Waals surface area (Å²) in [5.41, 5.74) is 6.31. The number of likely N-dealkylation sites (N-methyl/N-ethyl adjacent to an activating group) is 1. The van der Waals surface area contributed by atoms with Crippen molar-refractivity contribution in [2.75, 3.05) is 62.9 Å². The summed E-state index contributed by atoms with van der Waals surface area (Å²) in [5.74, 6) is 2.90. The van der Waals surface area contributed by atoms with Crippen molar-refractivity contribution < 1.29 is 42.7 Å². The van der Waals surface area contributed by atoms with Gasteiger partial charge in [-0.1, -0.05) is 42.5 Å². The minimum atomic E-state index is -0.557. The zero-order valence-electron chi connectivity index (χ0n) is 31.2. The second kappa shape index (κ2) is 16.4. The van der Waals surface area contributed by atoms with Crippen molar-refractivity contribution in [3.05, 3.63) is 90.3 Å². The predicted octanol–water partition coefficient (Wildman–Crippen LogP) is 6.50. The van der Waals surface area contributed by atoms with Gasteiger partial charge >= 0.3 is 5.97 Å². The normalized spacial score (nSPS) is 11.9. The largest absolute Gasteiger partial charge is 0.497 e. The number of amides is 1. The molecule has 3 heterocycles. The molecule has 6 aromatic rings.